The maximum atomic E-state index is 13.0. The van der Waals surface area contributed by atoms with E-state index < -0.39 is 35.5 Å². The largest absolute Gasteiger partial charge is 0.488 e. The molecule has 2 N–H and O–H groups in total. The fourth-order valence-electron chi connectivity index (χ4n) is 1.93. The highest BCUT2D eigenvalue weighted by Gasteiger charge is 2.35. The average molecular weight is 365 g/mol. The maximum absolute atomic E-state index is 13.0. The molecule has 2 rings (SSSR count). The highest BCUT2D eigenvalue weighted by molar-refractivity contribution is 5.97. The van der Waals surface area contributed by atoms with Crippen LogP contribution >= 0.6 is 0 Å². The van der Waals surface area contributed by atoms with Crippen molar-refractivity contribution in [2.45, 2.75) is 18.7 Å². The Morgan fingerprint density at radius 1 is 1.38 bits per heavy atom. The number of nitrogens with one attached hydrogen (secondary N) is 1. The van der Waals surface area contributed by atoms with Crippen LogP contribution < -0.4 is 10.1 Å². The molecule has 0 aliphatic heterocycles. The van der Waals surface area contributed by atoms with E-state index in [1.165, 1.54) is 12.4 Å². The molecule has 0 fully saturated rings. The van der Waals surface area contributed by atoms with Crippen LogP contribution in [0.4, 0.5) is 24.5 Å². The Balaban J connectivity index is 2.12. The number of nitrogens with zero attached hydrogens (tertiary/aromatic N) is 2. The quantitative estimate of drug-likeness (QED) is 0.796. The number of halogens is 3. The van der Waals surface area contributed by atoms with E-state index in [1.807, 2.05) is 0 Å². The summed E-state index contributed by atoms with van der Waals surface area (Å²) in [6, 6.07) is 5.91. The molecule has 0 saturated carbocycles. The van der Waals surface area contributed by atoms with Crippen molar-refractivity contribution in [2.75, 3.05) is 11.9 Å². The van der Waals surface area contributed by atoms with Gasteiger partial charge in [-0.05, 0) is 31.2 Å². The van der Waals surface area contributed by atoms with Gasteiger partial charge < -0.3 is 15.2 Å². The van der Waals surface area contributed by atoms with Crippen molar-refractivity contribution in [1.29, 1.82) is 0 Å². The number of carbonyl (C=O) groups is 1. The molecule has 0 aliphatic carbocycles. The van der Waals surface area contributed by atoms with E-state index in [0.29, 0.717) is 11.8 Å². The molecule has 0 bridgehead atoms. The van der Waals surface area contributed by atoms with Crippen LogP contribution in [0.5, 0.6) is 5.75 Å². The minimum absolute atomic E-state index is 0.198. The van der Waals surface area contributed by atoms with E-state index in [1.54, 1.807) is 12.1 Å². The van der Waals surface area contributed by atoms with Crippen molar-refractivity contribution in [3.05, 3.63) is 59.7 Å². The van der Waals surface area contributed by atoms with Crippen molar-refractivity contribution in [2.24, 2.45) is 0 Å². The number of amides is 1. The zero-order valence-corrected chi connectivity index (χ0v) is 13.5. The number of anilines is 1. The fraction of sp³-hybridized carbons (Fsp3) is 0.235. The van der Waals surface area contributed by atoms with E-state index in [4.69, 9.17) is 11.3 Å². The molecule has 26 heavy (non-hydrogen) atoms. The predicted octanol–water partition coefficient (Wildman–Crippen LogP) is 3.42. The predicted molar refractivity (Wildman–Crippen MR) is 86.7 cm³/mol. The Morgan fingerprint density at radius 3 is 2.69 bits per heavy atom. The molecule has 1 amide bonds. The second-order valence-corrected chi connectivity index (χ2v) is 5.55. The van der Waals surface area contributed by atoms with Gasteiger partial charge in [0.1, 0.15) is 12.4 Å². The van der Waals surface area contributed by atoms with Crippen LogP contribution in [0.25, 0.3) is 4.85 Å². The zero-order valence-electron chi connectivity index (χ0n) is 13.5. The summed E-state index contributed by atoms with van der Waals surface area (Å²) in [5, 5.41) is 12.4. The van der Waals surface area contributed by atoms with Gasteiger partial charge >= 0.3 is 6.18 Å². The van der Waals surface area contributed by atoms with Gasteiger partial charge in [0.25, 0.3) is 5.91 Å². The number of alkyl halides is 3. The monoisotopic (exact) mass is 365 g/mol. The summed E-state index contributed by atoms with van der Waals surface area (Å²) < 4.78 is 44.1. The van der Waals surface area contributed by atoms with Crippen LogP contribution in [0.1, 0.15) is 12.5 Å². The molecule has 136 valence electrons. The van der Waals surface area contributed by atoms with Gasteiger partial charge in [0.2, 0.25) is 0 Å². The van der Waals surface area contributed by atoms with Crippen LogP contribution in [0, 0.1) is 6.57 Å². The standard InChI is InChI=1S/C17H14F3N3O3/c1-16(25,10-26-12-4-3-7-22-9-12)15(24)23-11-5-6-14(21-2)13(8-11)17(18,19)20/h3-9,25H,10H2,1H3,(H,23,24)/t16-/m0/s1. The highest BCUT2D eigenvalue weighted by Crippen LogP contribution is 2.38. The minimum Gasteiger partial charge on any atom is -0.488 e. The fourth-order valence-corrected chi connectivity index (χ4v) is 1.93. The number of ether oxygens (including phenoxy) is 1. The summed E-state index contributed by atoms with van der Waals surface area (Å²) >= 11 is 0. The minimum atomic E-state index is -4.74. The number of benzene rings is 1. The SMILES string of the molecule is [C-]#[N+]c1ccc(NC(=O)[C@@](C)(O)COc2cccnc2)cc1C(F)(F)F. The van der Waals surface area contributed by atoms with Crippen LogP contribution in [0.3, 0.4) is 0 Å². The van der Waals surface area contributed by atoms with E-state index in [9.17, 15) is 23.1 Å². The molecule has 0 unspecified atom stereocenters. The number of carbonyl (C=O) groups excluding carboxylic acids is 1. The van der Waals surface area contributed by atoms with Gasteiger partial charge in [-0.2, -0.15) is 13.2 Å². The average Bonchev–Trinajstić information content (AvgIpc) is 2.60. The molecule has 1 atom stereocenters. The Hall–Kier alpha value is -3.12. The Bertz CT molecular complexity index is 831. The first-order valence-electron chi connectivity index (χ1n) is 7.29. The summed E-state index contributed by atoms with van der Waals surface area (Å²) in [7, 11) is 0. The van der Waals surface area contributed by atoms with Crippen molar-refractivity contribution in [1.82, 2.24) is 4.98 Å². The summed E-state index contributed by atoms with van der Waals surface area (Å²) in [6.07, 6.45) is -1.85. The maximum Gasteiger partial charge on any atom is 0.407 e. The molecule has 0 spiro atoms. The Morgan fingerprint density at radius 2 is 2.12 bits per heavy atom. The molecule has 1 aromatic heterocycles. The van der Waals surface area contributed by atoms with Gasteiger partial charge in [-0.1, -0.05) is 6.07 Å². The lowest BCUT2D eigenvalue weighted by atomic mass is 10.1. The van der Waals surface area contributed by atoms with Crippen LogP contribution in [0.2, 0.25) is 0 Å². The molecular formula is C17H14F3N3O3. The van der Waals surface area contributed by atoms with Crippen LogP contribution in [0.15, 0.2) is 42.7 Å². The van der Waals surface area contributed by atoms with Crippen molar-refractivity contribution < 1.29 is 27.8 Å². The molecule has 9 heteroatoms. The molecule has 6 nitrogen and oxygen atoms in total. The molecular weight excluding hydrogens is 351 g/mol. The van der Waals surface area contributed by atoms with Crippen LogP contribution in [-0.2, 0) is 11.0 Å². The smallest absolute Gasteiger partial charge is 0.407 e. The molecule has 2 aromatic rings. The van der Waals surface area contributed by atoms with Crippen molar-refractivity contribution >= 4 is 17.3 Å². The summed E-state index contributed by atoms with van der Waals surface area (Å²) in [4.78, 5) is 18.8. The Kier molecular flexibility index (Phi) is 5.47. The summed E-state index contributed by atoms with van der Waals surface area (Å²) in [6.45, 7) is 7.52. The van der Waals surface area contributed by atoms with Gasteiger partial charge in [-0.25, -0.2) is 4.85 Å². The second kappa shape index (κ2) is 7.41. The lowest BCUT2D eigenvalue weighted by molar-refractivity contribution is -0.137. The Labute approximate surface area is 147 Å². The lowest BCUT2D eigenvalue weighted by Crippen LogP contribution is -2.45. The number of aromatic nitrogens is 1. The first kappa shape index (κ1) is 19.2. The van der Waals surface area contributed by atoms with Gasteiger partial charge in [0.15, 0.2) is 11.3 Å². The second-order valence-electron chi connectivity index (χ2n) is 5.55. The first-order valence-corrected chi connectivity index (χ1v) is 7.29. The zero-order chi connectivity index (χ0) is 19.4. The molecule has 0 aliphatic rings. The third kappa shape index (κ3) is 4.70. The lowest BCUT2D eigenvalue weighted by Gasteiger charge is -2.23. The normalized spacial score (nSPS) is 13.4. The van der Waals surface area contributed by atoms with E-state index >= 15 is 0 Å². The van der Waals surface area contributed by atoms with Gasteiger partial charge in [0.05, 0.1) is 18.3 Å². The topological polar surface area (TPSA) is 75.8 Å². The molecule has 1 heterocycles. The third-order valence-electron chi connectivity index (χ3n) is 3.32. The van der Waals surface area contributed by atoms with Crippen molar-refractivity contribution in [3.8, 4) is 5.75 Å². The molecule has 1 aromatic carbocycles. The summed E-state index contributed by atoms with van der Waals surface area (Å²) in [5.74, 6) is -0.633. The molecule has 0 radical (unpaired) electrons. The number of pyridine rings is 1. The summed E-state index contributed by atoms with van der Waals surface area (Å²) in [5.41, 5.74) is -3.96. The number of rotatable bonds is 5. The number of hydrogen-bond donors (Lipinski definition) is 2. The molecule has 0 saturated heterocycles. The highest BCUT2D eigenvalue weighted by atomic mass is 19.4. The van der Waals surface area contributed by atoms with Crippen LogP contribution in [-0.4, -0.2) is 28.2 Å². The van der Waals surface area contributed by atoms with E-state index in [-0.39, 0.29) is 5.69 Å². The first-order chi connectivity index (χ1) is 12.1. The number of aliphatic hydroxyl groups is 1. The van der Waals surface area contributed by atoms with Gasteiger partial charge in [0, 0.05) is 11.9 Å². The van der Waals surface area contributed by atoms with E-state index in [0.717, 1.165) is 19.1 Å². The third-order valence-corrected chi connectivity index (χ3v) is 3.32. The van der Waals surface area contributed by atoms with Gasteiger partial charge in [-0.15, -0.1) is 0 Å². The van der Waals surface area contributed by atoms with E-state index in [2.05, 4.69) is 15.1 Å². The number of hydrogen-bond acceptors (Lipinski definition) is 4. The van der Waals surface area contributed by atoms with Crippen molar-refractivity contribution in [3.63, 3.8) is 0 Å². The van der Waals surface area contributed by atoms with Gasteiger partial charge in [-0.3, -0.25) is 9.78 Å².